The van der Waals surface area contributed by atoms with Gasteiger partial charge in [0.25, 0.3) is 0 Å². The van der Waals surface area contributed by atoms with Gasteiger partial charge in [-0.25, -0.2) is 0 Å². The van der Waals surface area contributed by atoms with Crippen molar-refractivity contribution in [1.29, 1.82) is 0 Å². The van der Waals surface area contributed by atoms with Gasteiger partial charge in [0.1, 0.15) is 19.3 Å². The number of carbonyl (C=O) groups is 1. The maximum Gasteiger partial charge on any atom is 0.311 e. The number of carbonyl (C=O) groups excluding carboxylic acids is 1. The standard InChI is InChI=1S/C26H42O7Si/c1-26(25(27)30-4)11-10-22(33-17-31-12-13-34(5,6)7)23-19-9-8-18(29-3)14-20(19)21(24(23)26)15-32-16-28-2/h8-9,14,21-24H,10-13,15-17H2,1-7H3/t21-,22-,23+,24+,26-/m1/s1. The summed E-state index contributed by atoms with van der Waals surface area (Å²) in [5, 5.41) is 0. The van der Waals surface area contributed by atoms with Gasteiger partial charge in [0.15, 0.2) is 0 Å². The van der Waals surface area contributed by atoms with Crippen molar-refractivity contribution in [1.82, 2.24) is 0 Å². The highest BCUT2D eigenvalue weighted by molar-refractivity contribution is 6.76. The zero-order chi connectivity index (χ0) is 24.9. The Labute approximate surface area is 205 Å². The average Bonchev–Trinajstić information content (AvgIpc) is 3.14. The van der Waals surface area contributed by atoms with Crippen LogP contribution < -0.4 is 4.74 Å². The highest BCUT2D eigenvalue weighted by Crippen LogP contribution is 2.61. The molecule has 0 unspecified atom stereocenters. The zero-order valence-electron chi connectivity index (χ0n) is 21.8. The van der Waals surface area contributed by atoms with Crippen molar-refractivity contribution in [3.8, 4) is 5.75 Å². The van der Waals surface area contributed by atoms with E-state index in [0.29, 0.717) is 13.0 Å². The molecule has 192 valence electrons. The first-order valence-electron chi connectivity index (χ1n) is 12.2. The monoisotopic (exact) mass is 494 g/mol. The molecule has 7 nitrogen and oxygen atoms in total. The molecule has 3 rings (SSSR count). The van der Waals surface area contributed by atoms with Crippen LogP contribution in [0.5, 0.6) is 5.75 Å². The second-order valence-electron chi connectivity index (χ2n) is 10.9. The van der Waals surface area contributed by atoms with Gasteiger partial charge in [0.2, 0.25) is 0 Å². The lowest BCUT2D eigenvalue weighted by molar-refractivity contribution is -0.169. The Bertz CT molecular complexity index is 824. The zero-order valence-corrected chi connectivity index (χ0v) is 22.8. The summed E-state index contributed by atoms with van der Waals surface area (Å²) in [5.74, 6) is 0.619. The quantitative estimate of drug-likeness (QED) is 0.179. The molecule has 0 spiro atoms. The van der Waals surface area contributed by atoms with Crippen LogP contribution in [0.4, 0.5) is 0 Å². The highest BCUT2D eigenvalue weighted by atomic mass is 28.3. The minimum atomic E-state index is -1.15. The molecule has 0 saturated heterocycles. The van der Waals surface area contributed by atoms with Gasteiger partial charge >= 0.3 is 5.97 Å². The first kappa shape index (κ1) is 27.1. The Morgan fingerprint density at radius 3 is 2.50 bits per heavy atom. The van der Waals surface area contributed by atoms with E-state index >= 15 is 0 Å². The molecule has 34 heavy (non-hydrogen) atoms. The predicted molar refractivity (Wildman–Crippen MR) is 133 cm³/mol. The topological polar surface area (TPSA) is 72.5 Å². The third kappa shape index (κ3) is 5.84. The third-order valence-corrected chi connectivity index (χ3v) is 9.17. The van der Waals surface area contributed by atoms with Crippen molar-refractivity contribution in [3.63, 3.8) is 0 Å². The number of hydrogen-bond donors (Lipinski definition) is 0. The lowest BCUT2D eigenvalue weighted by Crippen LogP contribution is -2.48. The molecule has 0 N–H and O–H groups in total. The molecule has 0 aliphatic heterocycles. The van der Waals surface area contributed by atoms with Gasteiger partial charge in [-0.05, 0) is 55.0 Å². The smallest absolute Gasteiger partial charge is 0.311 e. The molecule has 1 saturated carbocycles. The van der Waals surface area contributed by atoms with E-state index in [1.54, 1.807) is 14.2 Å². The number of ether oxygens (including phenoxy) is 6. The van der Waals surface area contributed by atoms with Gasteiger partial charge in [-0.15, -0.1) is 0 Å². The second-order valence-corrected chi connectivity index (χ2v) is 16.5. The van der Waals surface area contributed by atoms with Crippen molar-refractivity contribution in [2.75, 3.05) is 48.1 Å². The Morgan fingerprint density at radius 1 is 1.09 bits per heavy atom. The largest absolute Gasteiger partial charge is 0.497 e. The summed E-state index contributed by atoms with van der Waals surface area (Å²) in [4.78, 5) is 13.1. The van der Waals surface area contributed by atoms with Gasteiger partial charge in [0.05, 0.1) is 32.3 Å². The number of hydrogen-bond acceptors (Lipinski definition) is 7. The van der Waals surface area contributed by atoms with E-state index < -0.39 is 13.5 Å². The van der Waals surface area contributed by atoms with E-state index in [4.69, 9.17) is 28.4 Å². The molecule has 2 aliphatic carbocycles. The molecule has 0 aromatic heterocycles. The molecular formula is C26H42O7Si. The summed E-state index contributed by atoms with van der Waals surface area (Å²) >= 11 is 0. The van der Waals surface area contributed by atoms with E-state index in [0.717, 1.165) is 30.4 Å². The summed E-state index contributed by atoms with van der Waals surface area (Å²) in [6, 6.07) is 7.29. The molecule has 1 aromatic rings. The molecule has 2 aliphatic rings. The molecule has 5 atom stereocenters. The van der Waals surface area contributed by atoms with Crippen LogP contribution in [0.1, 0.15) is 42.7 Å². The van der Waals surface area contributed by atoms with Crippen LogP contribution in [0.2, 0.25) is 25.7 Å². The minimum Gasteiger partial charge on any atom is -0.497 e. The molecule has 1 fully saturated rings. The highest BCUT2D eigenvalue weighted by Gasteiger charge is 2.59. The Morgan fingerprint density at radius 2 is 1.85 bits per heavy atom. The summed E-state index contributed by atoms with van der Waals surface area (Å²) in [6.07, 6.45) is 1.40. The van der Waals surface area contributed by atoms with E-state index in [1.807, 2.05) is 13.0 Å². The van der Waals surface area contributed by atoms with Gasteiger partial charge in [0, 0.05) is 33.6 Å². The summed E-state index contributed by atoms with van der Waals surface area (Å²) in [5.41, 5.74) is 1.69. The number of rotatable bonds is 12. The molecule has 0 amide bonds. The van der Waals surface area contributed by atoms with Crippen molar-refractivity contribution >= 4 is 14.0 Å². The Hall–Kier alpha value is -1.45. The maximum absolute atomic E-state index is 13.1. The molecule has 8 heteroatoms. The van der Waals surface area contributed by atoms with Crippen LogP contribution in [0.25, 0.3) is 0 Å². The van der Waals surface area contributed by atoms with Crippen molar-refractivity contribution in [2.45, 2.75) is 63.4 Å². The van der Waals surface area contributed by atoms with Crippen LogP contribution in [-0.4, -0.2) is 68.3 Å². The average molecular weight is 495 g/mol. The summed E-state index contributed by atoms with van der Waals surface area (Å²) < 4.78 is 34.0. The van der Waals surface area contributed by atoms with E-state index in [1.165, 1.54) is 12.7 Å². The number of esters is 1. The second kappa shape index (κ2) is 11.5. The normalized spacial score (nSPS) is 28.3. The van der Waals surface area contributed by atoms with Crippen molar-refractivity contribution < 1.29 is 33.2 Å². The SMILES string of the molecule is COCOC[C@@H]1c2cc(OC)ccc2[C@@H]2[C@H]1[C@](C)(C(=O)OC)CC[C@H]2OCOCC[Si](C)(C)C. The van der Waals surface area contributed by atoms with Crippen LogP contribution in [-0.2, 0) is 28.5 Å². The number of methoxy groups -OCH3 is 3. The predicted octanol–water partition coefficient (Wildman–Crippen LogP) is 4.78. The minimum absolute atomic E-state index is 0.00596. The molecule has 1 aromatic carbocycles. The molecule has 0 radical (unpaired) electrons. The fourth-order valence-electron chi connectivity index (χ4n) is 5.68. The van der Waals surface area contributed by atoms with Gasteiger partial charge in [-0.2, -0.15) is 0 Å². The first-order chi connectivity index (χ1) is 16.2. The maximum atomic E-state index is 13.1. The van der Waals surface area contributed by atoms with Crippen LogP contribution in [0, 0.1) is 11.3 Å². The number of benzene rings is 1. The van der Waals surface area contributed by atoms with Gasteiger partial charge in [-0.1, -0.05) is 25.7 Å². The number of fused-ring (bicyclic) bond motifs is 3. The molecular weight excluding hydrogens is 452 g/mol. The fourth-order valence-corrected chi connectivity index (χ4v) is 6.44. The van der Waals surface area contributed by atoms with E-state index in [2.05, 4.69) is 31.8 Å². The van der Waals surface area contributed by atoms with E-state index in [9.17, 15) is 4.79 Å². The lowest BCUT2D eigenvalue weighted by atomic mass is 9.59. The Kier molecular flexibility index (Phi) is 9.20. The summed E-state index contributed by atoms with van der Waals surface area (Å²) in [6.45, 7) is 10.7. The third-order valence-electron chi connectivity index (χ3n) is 7.47. The lowest BCUT2D eigenvalue weighted by Gasteiger charge is -2.46. The van der Waals surface area contributed by atoms with Crippen molar-refractivity contribution in [3.05, 3.63) is 29.3 Å². The molecule has 0 bridgehead atoms. The van der Waals surface area contributed by atoms with E-state index in [-0.39, 0.29) is 43.4 Å². The van der Waals surface area contributed by atoms with Crippen LogP contribution in [0.15, 0.2) is 18.2 Å². The summed E-state index contributed by atoms with van der Waals surface area (Å²) in [7, 11) is 3.60. The Balaban J connectivity index is 1.90. The fraction of sp³-hybridized carbons (Fsp3) is 0.731. The van der Waals surface area contributed by atoms with Crippen molar-refractivity contribution in [2.24, 2.45) is 11.3 Å². The molecule has 0 heterocycles. The van der Waals surface area contributed by atoms with Gasteiger partial charge in [-0.3, -0.25) is 4.79 Å². The van der Waals surface area contributed by atoms with Crippen LogP contribution >= 0.6 is 0 Å². The first-order valence-corrected chi connectivity index (χ1v) is 15.9. The van der Waals surface area contributed by atoms with Gasteiger partial charge < -0.3 is 28.4 Å². The van der Waals surface area contributed by atoms with Crippen LogP contribution in [0.3, 0.4) is 0 Å².